The zero-order valence-corrected chi connectivity index (χ0v) is 17.5. The lowest BCUT2D eigenvalue weighted by Gasteiger charge is -2.25. The fraction of sp³-hybridized carbons (Fsp3) is 0.318. The Kier molecular flexibility index (Phi) is 4.39. The molecule has 0 unspecified atom stereocenters. The lowest BCUT2D eigenvalue weighted by Crippen LogP contribution is -2.38. The number of amides is 1. The van der Waals surface area contributed by atoms with E-state index in [0.717, 1.165) is 35.4 Å². The van der Waals surface area contributed by atoms with Crippen molar-refractivity contribution in [3.8, 4) is 11.3 Å². The number of carbonyl (C=O) groups excluding carboxylic acids is 1. The highest BCUT2D eigenvalue weighted by molar-refractivity contribution is 7.16. The van der Waals surface area contributed by atoms with Gasteiger partial charge in [-0.2, -0.15) is 0 Å². The van der Waals surface area contributed by atoms with Gasteiger partial charge in [0.05, 0.1) is 16.1 Å². The molecule has 0 saturated heterocycles. The number of nitro benzene ring substituents is 1. The molecule has 0 spiro atoms. The van der Waals surface area contributed by atoms with Gasteiger partial charge in [0, 0.05) is 10.9 Å². The van der Waals surface area contributed by atoms with Crippen LogP contribution in [0.15, 0.2) is 34.7 Å². The predicted molar refractivity (Wildman–Crippen MR) is 115 cm³/mol. The monoisotopic (exact) mass is 423 g/mol. The molecule has 1 aliphatic carbocycles. The minimum absolute atomic E-state index is 0.00104. The first kappa shape index (κ1) is 18.9. The van der Waals surface area contributed by atoms with Crippen LogP contribution in [-0.4, -0.2) is 10.8 Å². The number of aryl methyl sites for hydroxylation is 1. The van der Waals surface area contributed by atoms with Crippen LogP contribution in [0.3, 0.4) is 0 Å². The van der Waals surface area contributed by atoms with Crippen LogP contribution in [0, 0.1) is 23.0 Å². The Balaban J connectivity index is 1.46. The van der Waals surface area contributed by atoms with E-state index >= 15 is 0 Å². The molecule has 2 aliphatic rings. The fourth-order valence-electron chi connectivity index (χ4n) is 4.26. The summed E-state index contributed by atoms with van der Waals surface area (Å²) >= 11 is 1.65. The Bertz CT molecular complexity index is 1180. The molecular formula is C22H21N3O4S. The maximum atomic E-state index is 12.9. The molecular weight excluding hydrogens is 402 g/mol. The molecule has 8 heteroatoms. The van der Waals surface area contributed by atoms with E-state index in [-0.39, 0.29) is 11.6 Å². The van der Waals surface area contributed by atoms with Gasteiger partial charge in [0.15, 0.2) is 6.17 Å². The van der Waals surface area contributed by atoms with Crippen molar-refractivity contribution in [2.45, 2.75) is 39.3 Å². The SMILES string of the molecule is Cc1ccc(-c2ccc([C@@H]3NC(=O)c4c(sc5c4CC[C@H](C)C5)N3)o2)c([N+](=O)[O-])c1. The van der Waals surface area contributed by atoms with Crippen LogP contribution in [-0.2, 0) is 12.8 Å². The second-order valence-corrected chi connectivity index (χ2v) is 9.19. The lowest BCUT2D eigenvalue weighted by molar-refractivity contribution is -0.384. The molecule has 0 radical (unpaired) electrons. The van der Waals surface area contributed by atoms with E-state index in [1.54, 1.807) is 29.5 Å². The second kappa shape index (κ2) is 6.98. The van der Waals surface area contributed by atoms with Gasteiger partial charge in [-0.1, -0.05) is 13.0 Å². The van der Waals surface area contributed by atoms with Gasteiger partial charge in [0.25, 0.3) is 11.6 Å². The van der Waals surface area contributed by atoms with Crippen LogP contribution in [0.25, 0.3) is 11.3 Å². The highest BCUT2D eigenvalue weighted by Crippen LogP contribution is 2.43. The third kappa shape index (κ3) is 3.08. The second-order valence-electron chi connectivity index (χ2n) is 8.09. The van der Waals surface area contributed by atoms with Crippen molar-refractivity contribution < 1.29 is 14.1 Å². The van der Waals surface area contributed by atoms with E-state index in [4.69, 9.17) is 4.42 Å². The highest BCUT2D eigenvalue weighted by atomic mass is 32.1. The van der Waals surface area contributed by atoms with Crippen molar-refractivity contribution in [1.29, 1.82) is 0 Å². The molecule has 2 aromatic heterocycles. The number of rotatable bonds is 3. The molecule has 0 bridgehead atoms. The molecule has 1 amide bonds. The Morgan fingerprint density at radius 3 is 2.87 bits per heavy atom. The average molecular weight is 423 g/mol. The number of carbonyl (C=O) groups is 1. The molecule has 1 aliphatic heterocycles. The van der Waals surface area contributed by atoms with Crippen molar-refractivity contribution in [3.63, 3.8) is 0 Å². The smallest absolute Gasteiger partial charge is 0.280 e. The molecule has 154 valence electrons. The Morgan fingerprint density at radius 2 is 2.07 bits per heavy atom. The maximum Gasteiger partial charge on any atom is 0.280 e. The zero-order chi connectivity index (χ0) is 21.0. The largest absolute Gasteiger partial charge is 0.457 e. The standard InChI is InChI=1S/C22H21N3O4S/c1-11-3-5-13(15(9-11)25(27)28)16-7-8-17(29-16)20-23-21(26)19-14-6-4-12(2)10-18(14)30-22(19)24-20/h3,5,7-9,12,20,24H,4,6,10H2,1-2H3,(H,23,26)/t12-,20+/m0/s1. The molecule has 1 aromatic carbocycles. The van der Waals surface area contributed by atoms with E-state index in [0.29, 0.717) is 23.0 Å². The summed E-state index contributed by atoms with van der Waals surface area (Å²) in [7, 11) is 0. The highest BCUT2D eigenvalue weighted by Gasteiger charge is 2.34. The Hall–Kier alpha value is -3.13. The summed E-state index contributed by atoms with van der Waals surface area (Å²) in [5, 5.41) is 18.7. The number of benzene rings is 1. The summed E-state index contributed by atoms with van der Waals surface area (Å²) < 4.78 is 5.95. The zero-order valence-electron chi connectivity index (χ0n) is 16.7. The summed E-state index contributed by atoms with van der Waals surface area (Å²) in [5.74, 6) is 1.45. The molecule has 2 N–H and O–H groups in total. The molecule has 0 fully saturated rings. The van der Waals surface area contributed by atoms with E-state index in [1.807, 2.05) is 13.0 Å². The normalized spacial score (nSPS) is 20.1. The quantitative estimate of drug-likeness (QED) is 0.445. The number of hydrogen-bond acceptors (Lipinski definition) is 6. The first-order valence-corrected chi connectivity index (χ1v) is 10.8. The van der Waals surface area contributed by atoms with Gasteiger partial charge >= 0.3 is 0 Å². The van der Waals surface area contributed by atoms with Gasteiger partial charge in [-0.15, -0.1) is 11.3 Å². The molecule has 30 heavy (non-hydrogen) atoms. The number of hydrogen-bond donors (Lipinski definition) is 2. The minimum atomic E-state index is -0.513. The van der Waals surface area contributed by atoms with Crippen molar-refractivity contribution in [1.82, 2.24) is 5.32 Å². The summed E-state index contributed by atoms with van der Waals surface area (Å²) in [5.41, 5.74) is 3.16. The van der Waals surface area contributed by atoms with Crippen LogP contribution < -0.4 is 10.6 Å². The number of fused-ring (bicyclic) bond motifs is 3. The van der Waals surface area contributed by atoms with Crippen molar-refractivity contribution >= 4 is 27.9 Å². The average Bonchev–Trinajstić information content (AvgIpc) is 3.32. The van der Waals surface area contributed by atoms with E-state index in [2.05, 4.69) is 17.6 Å². The Labute approximate surface area is 177 Å². The van der Waals surface area contributed by atoms with Crippen LogP contribution in [0.4, 0.5) is 10.7 Å². The summed E-state index contributed by atoms with van der Waals surface area (Å²) in [6.45, 7) is 4.05. The van der Waals surface area contributed by atoms with Crippen LogP contribution >= 0.6 is 11.3 Å². The first-order valence-electron chi connectivity index (χ1n) is 9.98. The molecule has 2 atom stereocenters. The van der Waals surface area contributed by atoms with Crippen LogP contribution in [0.2, 0.25) is 0 Å². The van der Waals surface area contributed by atoms with Gasteiger partial charge in [0.2, 0.25) is 0 Å². The molecule has 0 saturated carbocycles. The molecule has 5 rings (SSSR count). The van der Waals surface area contributed by atoms with Crippen LogP contribution in [0.1, 0.15) is 51.6 Å². The summed E-state index contributed by atoms with van der Waals surface area (Å²) in [6.07, 6.45) is 2.53. The van der Waals surface area contributed by atoms with Gasteiger partial charge in [-0.3, -0.25) is 14.9 Å². The fourth-order valence-corrected chi connectivity index (χ4v) is 5.70. The third-order valence-corrected chi connectivity index (χ3v) is 7.00. The van der Waals surface area contributed by atoms with Gasteiger partial charge < -0.3 is 15.1 Å². The van der Waals surface area contributed by atoms with Crippen molar-refractivity contribution in [3.05, 3.63) is 67.8 Å². The van der Waals surface area contributed by atoms with Crippen molar-refractivity contribution in [2.75, 3.05) is 5.32 Å². The topological polar surface area (TPSA) is 97.4 Å². The van der Waals surface area contributed by atoms with E-state index < -0.39 is 11.1 Å². The summed E-state index contributed by atoms with van der Waals surface area (Å²) in [6, 6.07) is 8.49. The number of nitrogens with one attached hydrogen (secondary N) is 2. The number of thiophene rings is 1. The lowest BCUT2D eigenvalue weighted by atomic mass is 9.88. The number of anilines is 1. The minimum Gasteiger partial charge on any atom is -0.457 e. The third-order valence-electron chi connectivity index (χ3n) is 5.82. The summed E-state index contributed by atoms with van der Waals surface area (Å²) in [4.78, 5) is 25.2. The van der Waals surface area contributed by atoms with Gasteiger partial charge in [0.1, 0.15) is 16.5 Å². The molecule has 3 aromatic rings. The molecule has 3 heterocycles. The van der Waals surface area contributed by atoms with E-state index in [9.17, 15) is 14.9 Å². The number of nitrogens with zero attached hydrogens (tertiary/aromatic N) is 1. The number of nitro groups is 1. The molecule has 7 nitrogen and oxygen atoms in total. The van der Waals surface area contributed by atoms with E-state index in [1.165, 1.54) is 16.5 Å². The van der Waals surface area contributed by atoms with Crippen LogP contribution in [0.5, 0.6) is 0 Å². The Morgan fingerprint density at radius 1 is 1.23 bits per heavy atom. The first-order chi connectivity index (χ1) is 14.4. The number of furan rings is 1. The van der Waals surface area contributed by atoms with Gasteiger partial charge in [-0.05, 0) is 61.4 Å². The van der Waals surface area contributed by atoms with Crippen molar-refractivity contribution in [2.24, 2.45) is 5.92 Å². The predicted octanol–water partition coefficient (Wildman–Crippen LogP) is 5.20. The maximum absolute atomic E-state index is 12.9. The van der Waals surface area contributed by atoms with Gasteiger partial charge in [-0.25, -0.2) is 0 Å².